The third-order valence-corrected chi connectivity index (χ3v) is 6.06. The first kappa shape index (κ1) is 22.5. The summed E-state index contributed by atoms with van der Waals surface area (Å²) in [4.78, 5) is 12.7. The Morgan fingerprint density at radius 1 is 1.14 bits per heavy atom. The van der Waals surface area contributed by atoms with E-state index in [2.05, 4.69) is 12.2 Å². The average Bonchev–Trinajstić information content (AvgIpc) is 2.63. The fourth-order valence-corrected chi connectivity index (χ4v) is 4.42. The topological polar surface area (TPSA) is 66.5 Å². The van der Waals surface area contributed by atoms with Crippen LogP contribution in [0.5, 0.6) is 0 Å². The molecule has 0 aliphatic carbocycles. The van der Waals surface area contributed by atoms with E-state index in [1.54, 1.807) is 6.07 Å². The molecule has 0 bridgehead atoms. The standard InChI is InChI=1S/C20H24Cl2N2O3S/c1-4-5-6-15-7-10-17(11-8-15)23-20(25)14(2)24(28(3,26)27)19-13-16(21)9-12-18(19)22/h7-14H,4-6H2,1-3H3,(H,23,25)/t14-/m0/s1. The van der Waals surface area contributed by atoms with Crippen molar-refractivity contribution in [3.05, 3.63) is 58.1 Å². The number of halogens is 2. The maximum atomic E-state index is 12.7. The number of anilines is 2. The largest absolute Gasteiger partial charge is 0.324 e. The van der Waals surface area contributed by atoms with E-state index in [0.29, 0.717) is 10.7 Å². The van der Waals surface area contributed by atoms with E-state index in [4.69, 9.17) is 23.2 Å². The monoisotopic (exact) mass is 442 g/mol. The van der Waals surface area contributed by atoms with Crippen LogP contribution in [0.2, 0.25) is 10.0 Å². The molecule has 2 rings (SSSR count). The number of carbonyl (C=O) groups is 1. The molecule has 2 aromatic carbocycles. The number of sulfonamides is 1. The maximum Gasteiger partial charge on any atom is 0.247 e. The van der Waals surface area contributed by atoms with Gasteiger partial charge in [-0.15, -0.1) is 0 Å². The van der Waals surface area contributed by atoms with Crippen LogP contribution in [0.4, 0.5) is 11.4 Å². The van der Waals surface area contributed by atoms with Crippen LogP contribution in [0.25, 0.3) is 0 Å². The molecule has 0 saturated heterocycles. The Kier molecular flexibility index (Phi) is 7.75. The average molecular weight is 443 g/mol. The molecule has 0 saturated carbocycles. The van der Waals surface area contributed by atoms with Gasteiger partial charge in [0.15, 0.2) is 0 Å². The summed E-state index contributed by atoms with van der Waals surface area (Å²) in [5, 5.41) is 3.27. The summed E-state index contributed by atoms with van der Waals surface area (Å²) in [5.74, 6) is -0.470. The van der Waals surface area contributed by atoms with Crippen LogP contribution in [0, 0.1) is 0 Å². The van der Waals surface area contributed by atoms with Gasteiger partial charge < -0.3 is 5.32 Å². The number of rotatable bonds is 8. The van der Waals surface area contributed by atoms with Gasteiger partial charge in [0.2, 0.25) is 15.9 Å². The van der Waals surface area contributed by atoms with Crippen LogP contribution in [-0.4, -0.2) is 26.6 Å². The molecule has 152 valence electrons. The van der Waals surface area contributed by atoms with Gasteiger partial charge in [0.05, 0.1) is 17.0 Å². The molecule has 1 amide bonds. The zero-order valence-corrected chi connectivity index (χ0v) is 18.4. The number of carbonyl (C=O) groups excluding carboxylic acids is 1. The van der Waals surface area contributed by atoms with Gasteiger partial charge in [-0.25, -0.2) is 8.42 Å². The molecule has 0 radical (unpaired) electrons. The van der Waals surface area contributed by atoms with E-state index < -0.39 is 22.0 Å². The minimum atomic E-state index is -3.78. The molecule has 5 nitrogen and oxygen atoms in total. The van der Waals surface area contributed by atoms with Crippen LogP contribution in [0.1, 0.15) is 32.3 Å². The first-order chi connectivity index (χ1) is 13.1. The first-order valence-corrected chi connectivity index (χ1v) is 11.6. The fourth-order valence-electron chi connectivity index (χ4n) is 2.82. The third kappa shape index (κ3) is 5.87. The lowest BCUT2D eigenvalue weighted by Crippen LogP contribution is -2.45. The van der Waals surface area contributed by atoms with E-state index in [1.807, 2.05) is 24.3 Å². The highest BCUT2D eigenvalue weighted by Crippen LogP contribution is 2.32. The van der Waals surface area contributed by atoms with E-state index >= 15 is 0 Å². The molecule has 1 atom stereocenters. The summed E-state index contributed by atoms with van der Waals surface area (Å²) in [6.07, 6.45) is 4.22. The number of hydrogen-bond acceptors (Lipinski definition) is 3. The number of benzene rings is 2. The van der Waals surface area contributed by atoms with Crippen LogP contribution >= 0.6 is 23.2 Å². The predicted octanol–water partition coefficient (Wildman–Crippen LogP) is 5.13. The van der Waals surface area contributed by atoms with Gasteiger partial charge in [-0.05, 0) is 55.7 Å². The molecule has 28 heavy (non-hydrogen) atoms. The number of aryl methyl sites for hydroxylation is 1. The van der Waals surface area contributed by atoms with Crippen LogP contribution in [-0.2, 0) is 21.2 Å². The Hall–Kier alpha value is -1.76. The normalized spacial score (nSPS) is 12.5. The lowest BCUT2D eigenvalue weighted by atomic mass is 10.1. The quantitative estimate of drug-likeness (QED) is 0.615. The van der Waals surface area contributed by atoms with Crippen molar-refractivity contribution in [3.8, 4) is 0 Å². The Morgan fingerprint density at radius 3 is 2.36 bits per heavy atom. The number of unbranched alkanes of at least 4 members (excludes halogenated alkanes) is 1. The zero-order valence-electron chi connectivity index (χ0n) is 16.1. The maximum absolute atomic E-state index is 12.7. The van der Waals surface area contributed by atoms with Crippen molar-refractivity contribution in [1.82, 2.24) is 0 Å². The molecule has 2 aromatic rings. The first-order valence-electron chi connectivity index (χ1n) is 8.97. The molecular formula is C20H24Cl2N2O3S. The van der Waals surface area contributed by atoms with Gasteiger partial charge >= 0.3 is 0 Å². The van der Waals surface area contributed by atoms with Crippen LogP contribution in [0.3, 0.4) is 0 Å². The van der Waals surface area contributed by atoms with Crippen molar-refractivity contribution in [2.45, 2.75) is 39.2 Å². The molecule has 0 aliphatic rings. The molecule has 0 unspecified atom stereocenters. The third-order valence-electron chi connectivity index (χ3n) is 4.27. The second-order valence-electron chi connectivity index (χ2n) is 6.62. The molecule has 0 heterocycles. The summed E-state index contributed by atoms with van der Waals surface area (Å²) >= 11 is 12.2. The van der Waals surface area contributed by atoms with E-state index in [9.17, 15) is 13.2 Å². The molecule has 0 aromatic heterocycles. The second-order valence-corrected chi connectivity index (χ2v) is 9.32. The van der Waals surface area contributed by atoms with Crippen LogP contribution < -0.4 is 9.62 Å². The molecule has 0 aliphatic heterocycles. The molecular weight excluding hydrogens is 419 g/mol. The summed E-state index contributed by atoms with van der Waals surface area (Å²) in [5.41, 5.74) is 1.95. The number of hydrogen-bond donors (Lipinski definition) is 1. The van der Waals surface area contributed by atoms with Gasteiger partial charge in [-0.1, -0.05) is 48.7 Å². The highest BCUT2D eigenvalue weighted by atomic mass is 35.5. The molecule has 8 heteroatoms. The van der Waals surface area contributed by atoms with Crippen molar-refractivity contribution < 1.29 is 13.2 Å². The van der Waals surface area contributed by atoms with Gasteiger partial charge in [-0.3, -0.25) is 9.10 Å². The minimum absolute atomic E-state index is 0.161. The van der Waals surface area contributed by atoms with E-state index in [0.717, 1.165) is 29.8 Å². The highest BCUT2D eigenvalue weighted by molar-refractivity contribution is 7.92. The Balaban J connectivity index is 2.23. The Labute approximate surface area is 176 Å². The molecule has 0 spiro atoms. The summed E-state index contributed by atoms with van der Waals surface area (Å²) in [6.45, 7) is 3.64. The van der Waals surface area contributed by atoms with E-state index in [1.165, 1.54) is 24.6 Å². The van der Waals surface area contributed by atoms with Gasteiger partial charge in [0.1, 0.15) is 6.04 Å². The van der Waals surface area contributed by atoms with Crippen LogP contribution in [0.15, 0.2) is 42.5 Å². The van der Waals surface area contributed by atoms with Crippen molar-refractivity contribution in [2.75, 3.05) is 15.9 Å². The smallest absolute Gasteiger partial charge is 0.247 e. The van der Waals surface area contributed by atoms with Crippen molar-refractivity contribution in [3.63, 3.8) is 0 Å². The Bertz CT molecular complexity index is 931. The SMILES string of the molecule is CCCCc1ccc(NC(=O)[C@H](C)N(c2cc(Cl)ccc2Cl)S(C)(=O)=O)cc1. The second kappa shape index (κ2) is 9.63. The van der Waals surface area contributed by atoms with Crippen molar-refractivity contribution >= 4 is 50.5 Å². The van der Waals surface area contributed by atoms with Gasteiger partial charge in [0, 0.05) is 10.7 Å². The predicted molar refractivity (Wildman–Crippen MR) is 117 cm³/mol. The lowest BCUT2D eigenvalue weighted by molar-refractivity contribution is -0.116. The highest BCUT2D eigenvalue weighted by Gasteiger charge is 2.30. The van der Waals surface area contributed by atoms with Crippen molar-refractivity contribution in [2.24, 2.45) is 0 Å². The molecule has 1 N–H and O–H groups in total. The summed E-state index contributed by atoms with van der Waals surface area (Å²) in [7, 11) is -3.78. The molecule has 0 fully saturated rings. The number of amides is 1. The van der Waals surface area contributed by atoms with Gasteiger partial charge in [0.25, 0.3) is 0 Å². The minimum Gasteiger partial charge on any atom is -0.324 e. The van der Waals surface area contributed by atoms with Crippen molar-refractivity contribution in [1.29, 1.82) is 0 Å². The Morgan fingerprint density at radius 2 is 1.79 bits per heavy atom. The fraction of sp³-hybridized carbons (Fsp3) is 0.350. The van der Waals surface area contributed by atoms with E-state index in [-0.39, 0.29) is 10.7 Å². The number of nitrogens with zero attached hydrogens (tertiary/aromatic N) is 1. The lowest BCUT2D eigenvalue weighted by Gasteiger charge is -2.29. The summed E-state index contributed by atoms with van der Waals surface area (Å²) < 4.78 is 25.7. The number of nitrogens with one attached hydrogen (secondary N) is 1. The summed E-state index contributed by atoms with van der Waals surface area (Å²) in [6, 6.07) is 11.0. The van der Waals surface area contributed by atoms with Gasteiger partial charge in [-0.2, -0.15) is 0 Å². The zero-order chi connectivity index (χ0) is 20.9.